The largest absolute Gasteiger partial charge is 0.302 e. The predicted molar refractivity (Wildman–Crippen MR) is 68.1 cm³/mol. The van der Waals surface area contributed by atoms with E-state index in [1.165, 1.54) is 22.5 Å². The number of anilines is 1. The maximum Gasteiger partial charge on any atom is 0.229 e. The number of carbonyl (C=O) groups excluding carboxylic acids is 1. The van der Waals surface area contributed by atoms with Gasteiger partial charge in [-0.3, -0.25) is 4.79 Å². The summed E-state index contributed by atoms with van der Waals surface area (Å²) < 4.78 is 0. The van der Waals surface area contributed by atoms with Crippen LogP contribution in [0.25, 0.3) is 0 Å². The summed E-state index contributed by atoms with van der Waals surface area (Å²) in [5.41, 5.74) is 2.60. The quantitative estimate of drug-likeness (QED) is 0.882. The van der Waals surface area contributed by atoms with Crippen LogP contribution in [0, 0.1) is 5.92 Å². The zero-order valence-corrected chi connectivity index (χ0v) is 10.0. The molecule has 0 aliphatic heterocycles. The minimum Gasteiger partial charge on any atom is -0.302 e. The lowest BCUT2D eigenvalue weighted by molar-refractivity contribution is -0.119. The highest BCUT2D eigenvalue weighted by atomic mass is 32.1. The maximum absolute atomic E-state index is 12.0. The summed E-state index contributed by atoms with van der Waals surface area (Å²) in [6.07, 6.45) is 3.38. The van der Waals surface area contributed by atoms with Gasteiger partial charge in [0.15, 0.2) is 5.13 Å². The summed E-state index contributed by atoms with van der Waals surface area (Å²) >= 11 is 1.45. The summed E-state index contributed by atoms with van der Waals surface area (Å²) in [7, 11) is 0. The number of thiazole rings is 1. The molecule has 1 heterocycles. The van der Waals surface area contributed by atoms with E-state index in [1.54, 1.807) is 6.20 Å². The molecule has 3 rings (SSSR count). The number of rotatable bonds is 2. The average Bonchev–Trinajstić information content (AvgIpc) is 2.96. The van der Waals surface area contributed by atoms with E-state index in [0.29, 0.717) is 5.13 Å². The third kappa shape index (κ3) is 2.08. The van der Waals surface area contributed by atoms with Crippen LogP contribution >= 0.6 is 11.3 Å². The Bertz CT molecular complexity index is 511. The number of amides is 1. The minimum absolute atomic E-state index is 0.0521. The molecule has 0 radical (unpaired) electrons. The van der Waals surface area contributed by atoms with Gasteiger partial charge in [0.2, 0.25) is 5.91 Å². The standard InChI is InChI=1S/C13H12N2OS/c16-12(15-13-14-5-6-17-13)11-7-9-3-1-2-4-10(9)8-11/h1-6,11H,7-8H2,(H,14,15,16). The fraction of sp³-hybridized carbons (Fsp3) is 0.231. The summed E-state index contributed by atoms with van der Waals surface area (Å²) in [5.74, 6) is 0.132. The van der Waals surface area contributed by atoms with Gasteiger partial charge in [0.25, 0.3) is 0 Å². The third-order valence-electron chi connectivity index (χ3n) is 3.08. The highest BCUT2D eigenvalue weighted by Gasteiger charge is 2.27. The van der Waals surface area contributed by atoms with E-state index in [9.17, 15) is 4.79 Å². The minimum atomic E-state index is 0.0521. The van der Waals surface area contributed by atoms with E-state index in [0.717, 1.165) is 12.8 Å². The van der Waals surface area contributed by atoms with Gasteiger partial charge in [0.05, 0.1) is 0 Å². The van der Waals surface area contributed by atoms with Crippen molar-refractivity contribution in [3.8, 4) is 0 Å². The molecule has 3 nitrogen and oxygen atoms in total. The van der Waals surface area contributed by atoms with Gasteiger partial charge in [-0.05, 0) is 24.0 Å². The van der Waals surface area contributed by atoms with E-state index < -0.39 is 0 Å². The smallest absolute Gasteiger partial charge is 0.229 e. The molecule has 0 saturated heterocycles. The zero-order valence-electron chi connectivity index (χ0n) is 9.22. The number of hydrogen-bond acceptors (Lipinski definition) is 3. The summed E-state index contributed by atoms with van der Waals surface area (Å²) in [6.45, 7) is 0. The number of aromatic nitrogens is 1. The fourth-order valence-electron chi connectivity index (χ4n) is 2.24. The second-order valence-electron chi connectivity index (χ2n) is 4.20. The van der Waals surface area contributed by atoms with Gasteiger partial charge in [-0.25, -0.2) is 4.98 Å². The van der Waals surface area contributed by atoms with Crippen LogP contribution in [0.2, 0.25) is 0 Å². The van der Waals surface area contributed by atoms with Gasteiger partial charge in [-0.15, -0.1) is 11.3 Å². The predicted octanol–water partition coefficient (Wildman–Crippen LogP) is 2.50. The van der Waals surface area contributed by atoms with Crippen molar-refractivity contribution in [1.29, 1.82) is 0 Å². The second-order valence-corrected chi connectivity index (χ2v) is 5.09. The van der Waals surface area contributed by atoms with Crippen LogP contribution in [0.5, 0.6) is 0 Å². The highest BCUT2D eigenvalue weighted by molar-refractivity contribution is 7.13. The molecule has 1 aromatic carbocycles. The molecule has 1 N–H and O–H groups in total. The molecule has 1 aliphatic rings. The number of hydrogen-bond donors (Lipinski definition) is 1. The Morgan fingerprint density at radius 1 is 1.29 bits per heavy atom. The van der Waals surface area contributed by atoms with Crippen LogP contribution in [-0.4, -0.2) is 10.9 Å². The van der Waals surface area contributed by atoms with Crippen molar-refractivity contribution in [2.24, 2.45) is 5.92 Å². The van der Waals surface area contributed by atoms with E-state index in [-0.39, 0.29) is 11.8 Å². The number of fused-ring (bicyclic) bond motifs is 1. The van der Waals surface area contributed by atoms with E-state index >= 15 is 0 Å². The molecule has 0 unspecified atom stereocenters. The molecule has 1 aliphatic carbocycles. The van der Waals surface area contributed by atoms with Crippen molar-refractivity contribution in [2.75, 3.05) is 5.32 Å². The van der Waals surface area contributed by atoms with Crippen LogP contribution in [0.3, 0.4) is 0 Å². The molecule has 86 valence electrons. The van der Waals surface area contributed by atoms with Crippen molar-refractivity contribution in [3.63, 3.8) is 0 Å². The molecule has 4 heteroatoms. The lowest BCUT2D eigenvalue weighted by Gasteiger charge is -2.07. The van der Waals surface area contributed by atoms with Crippen LogP contribution < -0.4 is 5.32 Å². The molecule has 0 spiro atoms. The molecule has 0 saturated carbocycles. The number of nitrogens with one attached hydrogen (secondary N) is 1. The first-order valence-electron chi connectivity index (χ1n) is 5.60. The van der Waals surface area contributed by atoms with Crippen LogP contribution in [0.15, 0.2) is 35.8 Å². The second kappa shape index (κ2) is 4.30. The summed E-state index contributed by atoms with van der Waals surface area (Å²) in [4.78, 5) is 16.1. The van der Waals surface area contributed by atoms with Gasteiger partial charge < -0.3 is 5.32 Å². The van der Waals surface area contributed by atoms with Gasteiger partial charge in [0.1, 0.15) is 0 Å². The van der Waals surface area contributed by atoms with Crippen molar-refractivity contribution in [1.82, 2.24) is 4.98 Å². The van der Waals surface area contributed by atoms with E-state index in [2.05, 4.69) is 22.4 Å². The first-order chi connectivity index (χ1) is 8.33. The topological polar surface area (TPSA) is 42.0 Å². The lowest BCUT2D eigenvalue weighted by atomic mass is 10.1. The molecule has 0 fully saturated rings. The lowest BCUT2D eigenvalue weighted by Crippen LogP contribution is -2.22. The van der Waals surface area contributed by atoms with E-state index in [4.69, 9.17) is 0 Å². The number of nitrogens with zero attached hydrogens (tertiary/aromatic N) is 1. The first-order valence-corrected chi connectivity index (χ1v) is 6.48. The number of benzene rings is 1. The molecule has 0 bridgehead atoms. The summed E-state index contributed by atoms with van der Waals surface area (Å²) in [6, 6.07) is 8.26. The Balaban J connectivity index is 1.70. The Hall–Kier alpha value is -1.68. The van der Waals surface area contributed by atoms with Crippen LogP contribution in [-0.2, 0) is 17.6 Å². The van der Waals surface area contributed by atoms with Crippen LogP contribution in [0.1, 0.15) is 11.1 Å². The SMILES string of the molecule is O=C(Nc1nccs1)C1Cc2ccccc2C1. The van der Waals surface area contributed by atoms with Crippen LogP contribution in [0.4, 0.5) is 5.13 Å². The Kier molecular flexibility index (Phi) is 2.65. The number of carbonyl (C=O) groups is 1. The molecular formula is C13H12N2OS. The Labute approximate surface area is 104 Å². The van der Waals surface area contributed by atoms with E-state index in [1.807, 2.05) is 17.5 Å². The zero-order chi connectivity index (χ0) is 11.7. The monoisotopic (exact) mass is 244 g/mol. The Morgan fingerprint density at radius 3 is 2.59 bits per heavy atom. The normalized spacial score (nSPS) is 14.6. The first kappa shape index (κ1) is 10.5. The van der Waals surface area contributed by atoms with Gasteiger partial charge in [-0.1, -0.05) is 24.3 Å². The Morgan fingerprint density at radius 2 is 2.00 bits per heavy atom. The highest BCUT2D eigenvalue weighted by Crippen LogP contribution is 2.27. The molecular weight excluding hydrogens is 232 g/mol. The third-order valence-corrected chi connectivity index (χ3v) is 3.77. The molecule has 17 heavy (non-hydrogen) atoms. The average molecular weight is 244 g/mol. The van der Waals surface area contributed by atoms with Crippen molar-refractivity contribution >= 4 is 22.4 Å². The summed E-state index contributed by atoms with van der Waals surface area (Å²) in [5, 5.41) is 5.41. The van der Waals surface area contributed by atoms with Gasteiger partial charge in [0, 0.05) is 17.5 Å². The molecule has 2 aromatic rings. The molecule has 0 atom stereocenters. The van der Waals surface area contributed by atoms with Crippen molar-refractivity contribution < 1.29 is 4.79 Å². The molecule has 1 aromatic heterocycles. The molecule has 1 amide bonds. The van der Waals surface area contributed by atoms with Crippen molar-refractivity contribution in [2.45, 2.75) is 12.8 Å². The fourth-order valence-corrected chi connectivity index (χ4v) is 2.77. The van der Waals surface area contributed by atoms with Crippen molar-refractivity contribution in [3.05, 3.63) is 47.0 Å². The van der Waals surface area contributed by atoms with Gasteiger partial charge >= 0.3 is 0 Å². The maximum atomic E-state index is 12.0. The van der Waals surface area contributed by atoms with Gasteiger partial charge in [-0.2, -0.15) is 0 Å².